The van der Waals surface area contributed by atoms with Crippen molar-refractivity contribution in [1.29, 1.82) is 0 Å². The van der Waals surface area contributed by atoms with Crippen LogP contribution in [0.25, 0.3) is 28.2 Å². The molecule has 0 spiro atoms. The van der Waals surface area contributed by atoms with Crippen molar-refractivity contribution in [3.63, 3.8) is 0 Å². The number of methoxy groups -OCH3 is 2. The molecule has 40 heavy (non-hydrogen) atoms. The topological polar surface area (TPSA) is 108 Å². The van der Waals surface area contributed by atoms with E-state index in [0.717, 1.165) is 34.1 Å². The van der Waals surface area contributed by atoms with Crippen LogP contribution < -0.4 is 5.32 Å². The fraction of sp³-hybridized carbons (Fsp3) is 0.167. The summed E-state index contributed by atoms with van der Waals surface area (Å²) < 4.78 is 12.0. The van der Waals surface area contributed by atoms with E-state index in [-0.39, 0.29) is 11.6 Å². The van der Waals surface area contributed by atoms with Crippen LogP contribution in [0, 0.1) is 13.8 Å². The molecule has 0 aliphatic carbocycles. The molecule has 0 unspecified atom stereocenters. The van der Waals surface area contributed by atoms with E-state index in [1.54, 1.807) is 30.6 Å². The number of benzene rings is 2. The van der Waals surface area contributed by atoms with Gasteiger partial charge < -0.3 is 14.8 Å². The Kier molecular flexibility index (Phi) is 7.70. The molecule has 0 fully saturated rings. The third-order valence-electron chi connectivity index (χ3n) is 6.71. The largest absolute Gasteiger partial charge is 0.352 e. The maximum atomic E-state index is 13.0. The normalized spacial score (nSPS) is 11.2. The Hall–Kier alpha value is -4.44. The van der Waals surface area contributed by atoms with Crippen LogP contribution in [-0.2, 0) is 9.47 Å². The number of rotatable bonds is 8. The summed E-state index contributed by atoms with van der Waals surface area (Å²) in [6.07, 6.45) is 3.32. The number of anilines is 1. The van der Waals surface area contributed by atoms with E-state index in [9.17, 15) is 9.59 Å². The number of halogens is 1. The number of aromatic nitrogens is 4. The van der Waals surface area contributed by atoms with Gasteiger partial charge in [0, 0.05) is 49.0 Å². The van der Waals surface area contributed by atoms with Crippen LogP contribution in [0.5, 0.6) is 0 Å². The van der Waals surface area contributed by atoms with Crippen molar-refractivity contribution in [2.45, 2.75) is 20.1 Å². The van der Waals surface area contributed by atoms with Gasteiger partial charge in [-0.3, -0.25) is 14.6 Å². The molecule has 0 saturated heterocycles. The molecule has 1 N–H and O–H groups in total. The van der Waals surface area contributed by atoms with Gasteiger partial charge in [-0.05, 0) is 54.3 Å². The summed E-state index contributed by atoms with van der Waals surface area (Å²) in [7, 11) is 3.08. The average Bonchev–Trinajstić information content (AvgIpc) is 3.40. The standard InChI is InChI=1S/C30H26ClN5O4/c1-17-21(7-5-9-23(17)27-34-28-24(31)13-19(16-37)15-36(28)35-27)22-8-6-10-25(18(22)2)33-29(38)26-12-11-20(14-32-26)30(39-3)40-4/h5-16,30H,1-4H3,(H,33,38). The van der Waals surface area contributed by atoms with E-state index < -0.39 is 6.29 Å². The van der Waals surface area contributed by atoms with Crippen LogP contribution in [-0.4, -0.2) is 46.0 Å². The lowest BCUT2D eigenvalue weighted by atomic mass is 9.92. The lowest BCUT2D eigenvalue weighted by Gasteiger charge is -2.16. The predicted octanol–water partition coefficient (Wildman–Crippen LogP) is 6.08. The number of pyridine rings is 2. The summed E-state index contributed by atoms with van der Waals surface area (Å²) in [5.74, 6) is 0.161. The van der Waals surface area contributed by atoms with Crippen LogP contribution in [0.1, 0.15) is 43.8 Å². The van der Waals surface area contributed by atoms with Crippen LogP contribution >= 0.6 is 11.6 Å². The Morgan fingerprint density at radius 1 is 1.00 bits per heavy atom. The molecule has 202 valence electrons. The second-order valence-corrected chi connectivity index (χ2v) is 9.54. The van der Waals surface area contributed by atoms with Gasteiger partial charge in [0.05, 0.1) is 5.02 Å². The SMILES string of the molecule is COC(OC)c1ccc(C(=O)Nc2cccc(-c3cccc(-c4nc5c(Cl)cc(C=O)cn5n4)c3C)c2C)nc1. The molecular weight excluding hydrogens is 530 g/mol. The third-order valence-corrected chi connectivity index (χ3v) is 6.99. The van der Waals surface area contributed by atoms with Crippen molar-refractivity contribution >= 4 is 35.1 Å². The van der Waals surface area contributed by atoms with Gasteiger partial charge in [-0.2, -0.15) is 0 Å². The minimum Gasteiger partial charge on any atom is -0.352 e. The van der Waals surface area contributed by atoms with Crippen molar-refractivity contribution in [1.82, 2.24) is 19.6 Å². The molecule has 0 aliphatic heterocycles. The van der Waals surface area contributed by atoms with E-state index >= 15 is 0 Å². The van der Waals surface area contributed by atoms with Crippen LogP contribution in [0.4, 0.5) is 5.69 Å². The highest BCUT2D eigenvalue weighted by atomic mass is 35.5. The zero-order chi connectivity index (χ0) is 28.4. The Morgan fingerprint density at radius 3 is 2.38 bits per heavy atom. The number of carbonyl (C=O) groups excluding carboxylic acids is 2. The van der Waals surface area contributed by atoms with Crippen molar-refractivity contribution in [3.8, 4) is 22.5 Å². The Balaban J connectivity index is 1.46. The molecular formula is C30H26ClN5O4. The van der Waals surface area contributed by atoms with Gasteiger partial charge in [0.25, 0.3) is 5.91 Å². The van der Waals surface area contributed by atoms with Crippen LogP contribution in [0.2, 0.25) is 5.02 Å². The summed E-state index contributed by atoms with van der Waals surface area (Å²) in [5, 5.41) is 7.90. The van der Waals surface area contributed by atoms with Crippen LogP contribution in [0.15, 0.2) is 67.0 Å². The summed E-state index contributed by atoms with van der Waals surface area (Å²) in [5.41, 5.74) is 7.13. The summed E-state index contributed by atoms with van der Waals surface area (Å²) in [6.45, 7) is 3.96. The highest BCUT2D eigenvalue weighted by Crippen LogP contribution is 2.35. The smallest absolute Gasteiger partial charge is 0.274 e. The Bertz CT molecular complexity index is 1730. The Morgan fingerprint density at radius 2 is 1.70 bits per heavy atom. The minimum atomic E-state index is -0.552. The zero-order valence-electron chi connectivity index (χ0n) is 22.3. The van der Waals surface area contributed by atoms with E-state index in [1.807, 2.05) is 50.2 Å². The molecule has 2 aromatic carbocycles. The highest BCUT2D eigenvalue weighted by molar-refractivity contribution is 6.33. The molecule has 10 heteroatoms. The molecule has 3 heterocycles. The minimum absolute atomic E-state index is 0.270. The van der Waals surface area contributed by atoms with Crippen LogP contribution in [0.3, 0.4) is 0 Å². The maximum Gasteiger partial charge on any atom is 0.274 e. The molecule has 1 amide bonds. The first kappa shape index (κ1) is 27.1. The second-order valence-electron chi connectivity index (χ2n) is 9.13. The summed E-state index contributed by atoms with van der Waals surface area (Å²) in [6, 6.07) is 16.6. The average molecular weight is 556 g/mol. The number of nitrogens with one attached hydrogen (secondary N) is 1. The number of fused-ring (bicyclic) bond motifs is 1. The van der Waals surface area contributed by atoms with Crippen molar-refractivity contribution < 1.29 is 19.1 Å². The van der Waals surface area contributed by atoms with E-state index in [0.29, 0.717) is 33.3 Å². The number of nitrogens with zero attached hydrogens (tertiary/aromatic N) is 4. The molecule has 0 bridgehead atoms. The summed E-state index contributed by atoms with van der Waals surface area (Å²) >= 11 is 6.34. The number of hydrogen-bond acceptors (Lipinski definition) is 7. The lowest BCUT2D eigenvalue weighted by Crippen LogP contribution is -2.15. The number of hydrogen-bond donors (Lipinski definition) is 1. The number of carbonyl (C=O) groups is 2. The molecule has 0 atom stereocenters. The second kappa shape index (κ2) is 11.4. The number of aldehydes is 1. The first-order valence-corrected chi connectivity index (χ1v) is 12.8. The zero-order valence-corrected chi connectivity index (χ0v) is 23.1. The highest BCUT2D eigenvalue weighted by Gasteiger charge is 2.18. The quantitative estimate of drug-likeness (QED) is 0.182. The number of amides is 1. The van der Waals surface area contributed by atoms with Gasteiger partial charge in [0.2, 0.25) is 0 Å². The third kappa shape index (κ3) is 5.10. The van der Waals surface area contributed by atoms with Gasteiger partial charge in [0.15, 0.2) is 24.0 Å². The molecule has 5 aromatic rings. The monoisotopic (exact) mass is 555 g/mol. The van der Waals surface area contributed by atoms with Gasteiger partial charge in [-0.1, -0.05) is 48.0 Å². The fourth-order valence-electron chi connectivity index (χ4n) is 4.61. The molecule has 0 aliphatic rings. The summed E-state index contributed by atoms with van der Waals surface area (Å²) in [4.78, 5) is 33.2. The molecule has 9 nitrogen and oxygen atoms in total. The van der Waals surface area contributed by atoms with Crippen molar-refractivity contribution in [3.05, 3.63) is 100.0 Å². The molecule has 3 aromatic heterocycles. The Labute approximate surface area is 235 Å². The molecule has 5 rings (SSSR count). The van der Waals surface area contributed by atoms with E-state index in [4.69, 9.17) is 21.1 Å². The van der Waals surface area contributed by atoms with Gasteiger partial charge in [-0.15, -0.1) is 5.10 Å². The first-order valence-electron chi connectivity index (χ1n) is 12.4. The molecule has 0 saturated carbocycles. The number of ether oxygens (including phenoxy) is 2. The molecule has 0 radical (unpaired) electrons. The van der Waals surface area contributed by atoms with Crippen molar-refractivity contribution in [2.75, 3.05) is 19.5 Å². The maximum absolute atomic E-state index is 13.0. The van der Waals surface area contributed by atoms with Gasteiger partial charge >= 0.3 is 0 Å². The van der Waals surface area contributed by atoms with Gasteiger partial charge in [-0.25, -0.2) is 9.50 Å². The van der Waals surface area contributed by atoms with E-state index in [1.165, 1.54) is 18.7 Å². The van der Waals surface area contributed by atoms with Crippen molar-refractivity contribution in [2.24, 2.45) is 0 Å². The predicted molar refractivity (Wildman–Crippen MR) is 153 cm³/mol. The first-order chi connectivity index (χ1) is 19.3. The lowest BCUT2D eigenvalue weighted by molar-refractivity contribution is -0.106. The van der Waals surface area contributed by atoms with E-state index in [2.05, 4.69) is 20.4 Å². The van der Waals surface area contributed by atoms with Gasteiger partial charge in [0.1, 0.15) is 5.69 Å². The fourth-order valence-corrected chi connectivity index (χ4v) is 4.87.